The molecule has 2 atom stereocenters. The van der Waals surface area contributed by atoms with Gasteiger partial charge in [-0.1, -0.05) is 6.42 Å². The van der Waals surface area contributed by atoms with Crippen molar-refractivity contribution in [1.29, 1.82) is 0 Å². The van der Waals surface area contributed by atoms with Gasteiger partial charge in [0, 0.05) is 6.54 Å². The van der Waals surface area contributed by atoms with Crippen LogP contribution in [0.1, 0.15) is 19.3 Å². The Labute approximate surface area is 105 Å². The van der Waals surface area contributed by atoms with E-state index in [-0.39, 0.29) is 6.42 Å². The molecule has 0 heterocycles. The molecular formula is C9H19N2O6P. The first kappa shape index (κ1) is 17.2. The van der Waals surface area contributed by atoms with Crippen LogP contribution in [0.15, 0.2) is 0 Å². The van der Waals surface area contributed by atoms with Crippen LogP contribution in [0.2, 0.25) is 0 Å². The van der Waals surface area contributed by atoms with Crippen molar-refractivity contribution in [2.45, 2.75) is 31.4 Å². The fraction of sp³-hybridized carbons (Fsp3) is 0.889. The van der Waals surface area contributed by atoms with E-state index in [4.69, 9.17) is 15.9 Å². The molecule has 0 saturated heterocycles. The maximum Gasteiger partial charge on any atom is 0.399 e. The second-order valence-electron chi connectivity index (χ2n) is 3.83. The van der Waals surface area contributed by atoms with Crippen molar-refractivity contribution in [2.24, 2.45) is 5.73 Å². The lowest BCUT2D eigenvalue weighted by atomic mass is 10.1. The highest BCUT2D eigenvalue weighted by atomic mass is 31.1. The van der Waals surface area contributed by atoms with Crippen molar-refractivity contribution in [1.82, 2.24) is 4.67 Å². The second kappa shape index (κ2) is 9.18. The molecule has 0 spiro atoms. The van der Waals surface area contributed by atoms with Crippen molar-refractivity contribution in [3.05, 3.63) is 0 Å². The van der Waals surface area contributed by atoms with Crippen molar-refractivity contribution in [3.8, 4) is 0 Å². The molecule has 0 radical (unpaired) electrons. The highest BCUT2D eigenvalue weighted by Gasteiger charge is 2.30. The van der Waals surface area contributed by atoms with Gasteiger partial charge in [0.15, 0.2) is 0 Å². The molecule has 0 saturated carbocycles. The zero-order valence-electron chi connectivity index (χ0n) is 9.94. The minimum absolute atomic E-state index is 0.119. The van der Waals surface area contributed by atoms with Gasteiger partial charge in [0.2, 0.25) is 0 Å². The SMILES string of the molecule is NCCCCC(C(=O)O)N(CC(O)CO)P(=O)=O. The molecule has 5 N–H and O–H groups in total. The minimum Gasteiger partial charge on any atom is -0.480 e. The lowest BCUT2D eigenvalue weighted by molar-refractivity contribution is -0.142. The molecule has 0 aromatic carbocycles. The van der Waals surface area contributed by atoms with Crippen LogP contribution in [0.4, 0.5) is 0 Å². The van der Waals surface area contributed by atoms with E-state index in [2.05, 4.69) is 0 Å². The first-order chi connectivity index (χ1) is 8.43. The third kappa shape index (κ3) is 6.23. The van der Waals surface area contributed by atoms with Crippen LogP contribution in [-0.4, -0.2) is 57.8 Å². The van der Waals surface area contributed by atoms with Crippen LogP contribution in [-0.2, 0) is 13.9 Å². The van der Waals surface area contributed by atoms with Crippen LogP contribution in [0.5, 0.6) is 0 Å². The van der Waals surface area contributed by atoms with Crippen LogP contribution in [0.3, 0.4) is 0 Å². The Kier molecular flexibility index (Phi) is 8.78. The van der Waals surface area contributed by atoms with Gasteiger partial charge in [-0.2, -0.15) is 4.67 Å². The van der Waals surface area contributed by atoms with Crippen LogP contribution in [0, 0.1) is 0 Å². The highest BCUT2D eigenvalue weighted by molar-refractivity contribution is 7.27. The fourth-order valence-electron chi connectivity index (χ4n) is 1.46. The summed E-state index contributed by atoms with van der Waals surface area (Å²) in [4.78, 5) is 11.0. The summed E-state index contributed by atoms with van der Waals surface area (Å²) in [6.07, 6.45) is -0.110. The molecule has 106 valence electrons. The van der Waals surface area contributed by atoms with Gasteiger partial charge in [-0.05, 0) is 19.4 Å². The lowest BCUT2D eigenvalue weighted by Crippen LogP contribution is -2.40. The Morgan fingerprint density at radius 3 is 2.33 bits per heavy atom. The maximum absolute atomic E-state index is 11.0. The molecule has 0 fully saturated rings. The van der Waals surface area contributed by atoms with Gasteiger partial charge in [-0.15, -0.1) is 0 Å². The Hall–Kier alpha value is -0.790. The number of unbranched alkanes of at least 4 members (excludes halogenated alkanes) is 1. The fourth-order valence-corrected chi connectivity index (χ4v) is 2.23. The number of nitrogens with two attached hydrogens (primary N) is 1. The zero-order chi connectivity index (χ0) is 14.1. The van der Waals surface area contributed by atoms with E-state index in [9.17, 15) is 19.0 Å². The quantitative estimate of drug-likeness (QED) is 0.305. The predicted molar refractivity (Wildman–Crippen MR) is 62.4 cm³/mol. The number of nitrogens with zero attached hydrogens (tertiary/aromatic N) is 1. The number of rotatable bonds is 10. The average Bonchev–Trinajstić information content (AvgIpc) is 2.31. The van der Waals surface area contributed by atoms with E-state index in [0.29, 0.717) is 24.1 Å². The summed E-state index contributed by atoms with van der Waals surface area (Å²) < 4.78 is 22.7. The summed E-state index contributed by atoms with van der Waals surface area (Å²) in [5.41, 5.74) is 5.28. The van der Waals surface area contributed by atoms with Gasteiger partial charge in [0.25, 0.3) is 0 Å². The van der Waals surface area contributed by atoms with E-state index in [1.165, 1.54) is 0 Å². The topological polar surface area (TPSA) is 141 Å². The first-order valence-electron chi connectivity index (χ1n) is 5.56. The molecule has 0 bridgehead atoms. The summed E-state index contributed by atoms with van der Waals surface area (Å²) in [5.74, 6) is -1.28. The van der Waals surface area contributed by atoms with Gasteiger partial charge in [0.1, 0.15) is 6.04 Å². The summed E-state index contributed by atoms with van der Waals surface area (Å²) in [6, 6.07) is -1.24. The summed E-state index contributed by atoms with van der Waals surface area (Å²) in [7, 11) is -3.14. The third-order valence-electron chi connectivity index (χ3n) is 2.39. The number of carbonyl (C=O) groups is 1. The monoisotopic (exact) mass is 282 g/mol. The molecule has 0 aromatic heterocycles. The smallest absolute Gasteiger partial charge is 0.399 e. The standard InChI is InChI=1S/C9H19N2O6P/c10-4-2-1-3-8(9(14)15)11(18(16)17)5-7(13)6-12/h7-8,12-13H,1-6,10H2,(H,14,15). The molecule has 2 unspecified atom stereocenters. The molecule has 0 amide bonds. The first-order valence-corrected chi connectivity index (χ1v) is 6.69. The molecular weight excluding hydrogens is 263 g/mol. The molecule has 0 aromatic rings. The molecule has 0 aliphatic carbocycles. The van der Waals surface area contributed by atoms with Crippen LogP contribution in [0.25, 0.3) is 0 Å². The number of aliphatic hydroxyl groups excluding tert-OH is 2. The van der Waals surface area contributed by atoms with E-state index < -0.39 is 39.1 Å². The van der Waals surface area contributed by atoms with Crippen molar-refractivity contribution >= 4 is 13.8 Å². The number of hydrogen-bond acceptors (Lipinski definition) is 6. The van der Waals surface area contributed by atoms with Crippen molar-refractivity contribution in [3.63, 3.8) is 0 Å². The molecule has 18 heavy (non-hydrogen) atoms. The maximum atomic E-state index is 11.0. The number of aliphatic carboxylic acids is 1. The molecule has 8 nitrogen and oxygen atoms in total. The number of aliphatic hydroxyl groups is 2. The Morgan fingerprint density at radius 2 is 1.94 bits per heavy atom. The number of hydrogen-bond donors (Lipinski definition) is 4. The molecule has 0 aliphatic rings. The number of carboxylic acids is 1. The van der Waals surface area contributed by atoms with E-state index in [0.717, 1.165) is 0 Å². The van der Waals surface area contributed by atoms with Gasteiger partial charge >= 0.3 is 13.8 Å². The summed E-state index contributed by atoms with van der Waals surface area (Å²) in [6.45, 7) is -0.668. The van der Waals surface area contributed by atoms with Gasteiger partial charge in [0.05, 0.1) is 12.7 Å². The van der Waals surface area contributed by atoms with Gasteiger partial charge in [-0.3, -0.25) is 4.79 Å². The Morgan fingerprint density at radius 1 is 1.33 bits per heavy atom. The Balaban J connectivity index is 4.71. The minimum atomic E-state index is -3.14. The van der Waals surface area contributed by atoms with Crippen LogP contribution < -0.4 is 5.73 Å². The normalized spacial score (nSPS) is 14.4. The average molecular weight is 282 g/mol. The molecule has 0 rings (SSSR count). The molecule has 0 aliphatic heterocycles. The summed E-state index contributed by atoms with van der Waals surface area (Å²) >= 11 is 0. The van der Waals surface area contributed by atoms with Gasteiger partial charge < -0.3 is 21.1 Å². The lowest BCUT2D eigenvalue weighted by Gasteiger charge is -2.23. The number of carboxylic acid groups (broad SMARTS) is 1. The highest BCUT2D eigenvalue weighted by Crippen LogP contribution is 2.22. The molecule has 9 heteroatoms. The van der Waals surface area contributed by atoms with Crippen LogP contribution >= 0.6 is 7.83 Å². The van der Waals surface area contributed by atoms with Gasteiger partial charge in [-0.25, -0.2) is 9.13 Å². The third-order valence-corrected chi connectivity index (χ3v) is 3.26. The van der Waals surface area contributed by atoms with E-state index in [1.807, 2.05) is 0 Å². The van der Waals surface area contributed by atoms with E-state index >= 15 is 0 Å². The van der Waals surface area contributed by atoms with Crippen molar-refractivity contribution in [2.75, 3.05) is 19.7 Å². The second-order valence-corrected chi connectivity index (χ2v) is 4.82. The van der Waals surface area contributed by atoms with E-state index in [1.54, 1.807) is 0 Å². The summed E-state index contributed by atoms with van der Waals surface area (Å²) in [5, 5.41) is 26.9. The predicted octanol–water partition coefficient (Wildman–Crippen LogP) is -0.688. The zero-order valence-corrected chi connectivity index (χ0v) is 10.8. The Bertz CT molecular complexity index is 314. The van der Waals surface area contributed by atoms with Crippen molar-refractivity contribution < 1.29 is 29.2 Å². The largest absolute Gasteiger partial charge is 0.480 e.